The van der Waals surface area contributed by atoms with Crippen LogP contribution in [-0.4, -0.2) is 22.1 Å². The number of aromatic nitrogens is 2. The predicted molar refractivity (Wildman–Crippen MR) is 137 cm³/mol. The van der Waals surface area contributed by atoms with E-state index in [1.165, 1.54) is 27.9 Å². The lowest BCUT2D eigenvalue weighted by atomic mass is 9.99. The molecule has 0 unspecified atom stereocenters. The average molecular weight is 450 g/mol. The van der Waals surface area contributed by atoms with Crippen LogP contribution in [0.25, 0.3) is 22.3 Å². The maximum absolute atomic E-state index is 11.2. The Morgan fingerprint density at radius 2 is 1.88 bits per heavy atom. The van der Waals surface area contributed by atoms with E-state index in [2.05, 4.69) is 63.5 Å². The molecule has 0 aliphatic rings. The van der Waals surface area contributed by atoms with Crippen molar-refractivity contribution >= 4 is 16.9 Å². The van der Waals surface area contributed by atoms with Crippen LogP contribution < -0.4 is 10.5 Å². The van der Waals surface area contributed by atoms with E-state index in [-0.39, 0.29) is 5.91 Å². The lowest BCUT2D eigenvalue weighted by Gasteiger charge is -2.18. The highest BCUT2D eigenvalue weighted by molar-refractivity contribution is 5.88. The number of aryl methyl sites for hydroxylation is 3. The number of hydrogen-bond donors (Lipinski definition) is 1. The van der Waals surface area contributed by atoms with Crippen LogP contribution in [0.4, 0.5) is 0 Å². The van der Waals surface area contributed by atoms with Crippen molar-refractivity contribution in [1.82, 2.24) is 9.55 Å². The van der Waals surface area contributed by atoms with Crippen molar-refractivity contribution in [3.63, 3.8) is 0 Å². The van der Waals surface area contributed by atoms with Gasteiger partial charge in [-0.25, -0.2) is 4.98 Å². The SMILES string of the molecule is CCOc1c(CC)cccc1-c1cc(CCCCC(N)=O)c2c(n1)c(C)c(CC)n2C(C)C. The number of ether oxygens (including phenoxy) is 1. The van der Waals surface area contributed by atoms with Gasteiger partial charge in [0.25, 0.3) is 0 Å². The molecular weight excluding hydrogens is 410 g/mol. The normalized spacial score (nSPS) is 11.5. The van der Waals surface area contributed by atoms with Crippen LogP contribution in [-0.2, 0) is 24.1 Å². The summed E-state index contributed by atoms with van der Waals surface area (Å²) >= 11 is 0. The second kappa shape index (κ2) is 10.9. The number of nitrogens with two attached hydrogens (primary N) is 1. The Morgan fingerprint density at radius 1 is 1.12 bits per heavy atom. The van der Waals surface area contributed by atoms with Gasteiger partial charge in [-0.15, -0.1) is 0 Å². The Balaban J connectivity index is 2.25. The highest BCUT2D eigenvalue weighted by Gasteiger charge is 2.22. The molecule has 5 heteroatoms. The van der Waals surface area contributed by atoms with Crippen LogP contribution in [0.1, 0.15) is 82.3 Å². The van der Waals surface area contributed by atoms with Gasteiger partial charge in [0.2, 0.25) is 5.91 Å². The van der Waals surface area contributed by atoms with Gasteiger partial charge in [-0.1, -0.05) is 26.0 Å². The van der Waals surface area contributed by atoms with Crippen molar-refractivity contribution in [3.05, 3.63) is 46.6 Å². The Hall–Kier alpha value is -2.82. The number of pyridine rings is 1. The van der Waals surface area contributed by atoms with Crippen molar-refractivity contribution in [2.45, 2.75) is 86.1 Å². The molecule has 0 atom stereocenters. The van der Waals surface area contributed by atoms with Crippen molar-refractivity contribution in [2.75, 3.05) is 6.61 Å². The molecule has 2 aromatic heterocycles. The van der Waals surface area contributed by atoms with E-state index in [1.807, 2.05) is 6.92 Å². The first-order chi connectivity index (χ1) is 15.8. The second-order valence-corrected chi connectivity index (χ2v) is 9.01. The molecule has 0 aliphatic carbocycles. The maximum atomic E-state index is 11.2. The van der Waals surface area contributed by atoms with Crippen LogP contribution in [0.15, 0.2) is 24.3 Å². The number of para-hydroxylation sites is 1. The molecule has 0 aliphatic heterocycles. The fraction of sp³-hybridized carbons (Fsp3) is 0.500. The van der Waals surface area contributed by atoms with E-state index in [1.54, 1.807) is 0 Å². The summed E-state index contributed by atoms with van der Waals surface area (Å²) in [5.41, 5.74) is 14.8. The van der Waals surface area contributed by atoms with Crippen molar-refractivity contribution < 1.29 is 9.53 Å². The number of primary amides is 1. The molecule has 1 amide bonds. The third kappa shape index (κ3) is 5.07. The average Bonchev–Trinajstić information content (AvgIpc) is 3.08. The van der Waals surface area contributed by atoms with Crippen LogP contribution >= 0.6 is 0 Å². The first-order valence-corrected chi connectivity index (χ1v) is 12.4. The Morgan fingerprint density at radius 3 is 2.48 bits per heavy atom. The van der Waals surface area contributed by atoms with Gasteiger partial charge in [0.05, 0.1) is 23.3 Å². The van der Waals surface area contributed by atoms with Gasteiger partial charge in [0, 0.05) is 23.7 Å². The quantitative estimate of drug-likeness (QED) is 0.349. The number of rotatable bonds is 11. The molecular formula is C28H39N3O2. The zero-order valence-corrected chi connectivity index (χ0v) is 21.1. The van der Waals surface area contributed by atoms with Gasteiger partial charge in [-0.2, -0.15) is 0 Å². The van der Waals surface area contributed by atoms with E-state index in [0.29, 0.717) is 19.1 Å². The summed E-state index contributed by atoms with van der Waals surface area (Å²) in [6.07, 6.45) is 4.90. The Bertz CT molecular complexity index is 1130. The molecule has 0 saturated carbocycles. The smallest absolute Gasteiger partial charge is 0.217 e. The zero-order valence-electron chi connectivity index (χ0n) is 21.1. The van der Waals surface area contributed by atoms with Gasteiger partial charge in [0.1, 0.15) is 5.75 Å². The van der Waals surface area contributed by atoms with Crippen LogP contribution in [0.2, 0.25) is 0 Å². The summed E-state index contributed by atoms with van der Waals surface area (Å²) in [5.74, 6) is 0.702. The number of fused-ring (bicyclic) bond motifs is 1. The third-order valence-corrected chi connectivity index (χ3v) is 6.40. The van der Waals surface area contributed by atoms with E-state index in [9.17, 15) is 4.79 Å². The maximum Gasteiger partial charge on any atom is 0.217 e. The van der Waals surface area contributed by atoms with E-state index >= 15 is 0 Å². The topological polar surface area (TPSA) is 70.1 Å². The molecule has 3 rings (SSSR count). The summed E-state index contributed by atoms with van der Waals surface area (Å²) in [4.78, 5) is 16.5. The van der Waals surface area contributed by atoms with Crippen molar-refractivity contribution in [1.29, 1.82) is 0 Å². The number of nitrogens with zero attached hydrogens (tertiary/aromatic N) is 2. The van der Waals surface area contributed by atoms with Crippen LogP contribution in [0.3, 0.4) is 0 Å². The molecule has 0 fully saturated rings. The monoisotopic (exact) mass is 449 g/mol. The van der Waals surface area contributed by atoms with Gasteiger partial charge < -0.3 is 15.0 Å². The highest BCUT2D eigenvalue weighted by atomic mass is 16.5. The molecule has 1 aromatic carbocycles. The van der Waals surface area contributed by atoms with Gasteiger partial charge >= 0.3 is 0 Å². The first kappa shape index (κ1) is 24.8. The van der Waals surface area contributed by atoms with Crippen molar-refractivity contribution in [3.8, 4) is 17.0 Å². The zero-order chi connectivity index (χ0) is 24.1. The number of carbonyl (C=O) groups excluding carboxylic acids is 1. The van der Waals surface area contributed by atoms with E-state index in [4.69, 9.17) is 15.5 Å². The Labute approximate surface area is 198 Å². The Kier molecular flexibility index (Phi) is 8.17. The highest BCUT2D eigenvalue weighted by Crippen LogP contribution is 2.38. The summed E-state index contributed by atoms with van der Waals surface area (Å²) in [6.45, 7) is 13.7. The minimum atomic E-state index is -0.233. The van der Waals surface area contributed by atoms with E-state index < -0.39 is 0 Å². The molecule has 178 valence electrons. The van der Waals surface area contributed by atoms with E-state index in [0.717, 1.165) is 54.6 Å². The van der Waals surface area contributed by atoms with Crippen LogP contribution in [0.5, 0.6) is 5.75 Å². The summed E-state index contributed by atoms with van der Waals surface area (Å²) < 4.78 is 8.57. The van der Waals surface area contributed by atoms with Gasteiger partial charge in [-0.05, 0) is 88.6 Å². The molecule has 3 aromatic rings. The third-order valence-electron chi connectivity index (χ3n) is 6.40. The lowest BCUT2D eigenvalue weighted by molar-refractivity contribution is -0.118. The van der Waals surface area contributed by atoms with Gasteiger partial charge in [0.15, 0.2) is 0 Å². The molecule has 0 saturated heterocycles. The summed E-state index contributed by atoms with van der Waals surface area (Å²) in [5, 5.41) is 0. The molecule has 5 nitrogen and oxygen atoms in total. The number of benzene rings is 1. The predicted octanol–water partition coefficient (Wildman–Crippen LogP) is 6.31. The molecule has 0 spiro atoms. The van der Waals surface area contributed by atoms with Crippen LogP contribution in [0, 0.1) is 6.92 Å². The van der Waals surface area contributed by atoms with Crippen molar-refractivity contribution in [2.24, 2.45) is 5.73 Å². The number of carbonyl (C=O) groups is 1. The molecule has 2 heterocycles. The molecule has 33 heavy (non-hydrogen) atoms. The number of hydrogen-bond acceptors (Lipinski definition) is 3. The lowest BCUT2D eigenvalue weighted by Crippen LogP contribution is -2.10. The fourth-order valence-electron chi connectivity index (χ4n) is 4.90. The number of amides is 1. The summed E-state index contributed by atoms with van der Waals surface area (Å²) in [6, 6.07) is 8.92. The first-order valence-electron chi connectivity index (χ1n) is 12.4. The van der Waals surface area contributed by atoms with Gasteiger partial charge in [-0.3, -0.25) is 4.79 Å². The minimum Gasteiger partial charge on any atom is -0.493 e. The molecule has 2 N–H and O–H groups in total. The standard InChI is InChI=1S/C28H39N3O2/c1-7-20-14-12-15-22(28(20)33-9-3)23-17-21(13-10-11-16-25(29)32)27-26(30-23)19(6)24(8-2)31(27)18(4)5/h12,14-15,17-18H,7-11,13,16H2,1-6H3,(H2,29,32). The second-order valence-electron chi connectivity index (χ2n) is 9.01. The summed E-state index contributed by atoms with van der Waals surface area (Å²) in [7, 11) is 0. The minimum absolute atomic E-state index is 0.233. The molecule has 0 radical (unpaired) electrons. The molecule has 0 bridgehead atoms. The largest absolute Gasteiger partial charge is 0.493 e. The fourth-order valence-corrected chi connectivity index (χ4v) is 4.90. The number of unbranched alkanes of at least 4 members (excludes halogenated alkanes) is 1.